The number of nitrogens with one attached hydrogen (secondary N) is 1. The maximum absolute atomic E-state index is 12.1. The van der Waals surface area contributed by atoms with E-state index < -0.39 is 9.84 Å². The molecule has 0 aromatic rings. The van der Waals surface area contributed by atoms with Crippen LogP contribution in [-0.4, -0.2) is 33.9 Å². The third-order valence-electron chi connectivity index (χ3n) is 2.94. The molecule has 2 heterocycles. The van der Waals surface area contributed by atoms with Crippen LogP contribution in [0.15, 0.2) is 22.8 Å². The molecule has 0 saturated carbocycles. The van der Waals surface area contributed by atoms with Gasteiger partial charge in [0.2, 0.25) is 0 Å². The topological polar surface area (TPSA) is 55.4 Å². The van der Waals surface area contributed by atoms with Gasteiger partial charge in [0.15, 0.2) is 9.84 Å². The van der Waals surface area contributed by atoms with E-state index in [4.69, 9.17) is 4.74 Å². The van der Waals surface area contributed by atoms with Crippen molar-refractivity contribution in [3.63, 3.8) is 0 Å². The zero-order chi connectivity index (χ0) is 11.6. The van der Waals surface area contributed by atoms with E-state index in [0.29, 0.717) is 24.7 Å². The van der Waals surface area contributed by atoms with E-state index in [0.717, 1.165) is 12.1 Å². The summed E-state index contributed by atoms with van der Waals surface area (Å²) in [5.41, 5.74) is 1.00. The van der Waals surface area contributed by atoms with E-state index in [1.165, 1.54) is 0 Å². The summed E-state index contributed by atoms with van der Waals surface area (Å²) in [6.07, 6.45) is 4.37. The molecule has 1 atom stereocenters. The van der Waals surface area contributed by atoms with Crippen molar-refractivity contribution in [3.05, 3.63) is 22.8 Å². The number of ether oxygens (including phenoxy) is 1. The maximum Gasteiger partial charge on any atom is 0.176 e. The Hall–Kier alpha value is -0.810. The van der Waals surface area contributed by atoms with Crippen LogP contribution in [-0.2, 0) is 14.6 Å². The lowest BCUT2D eigenvalue weighted by Gasteiger charge is -2.16. The van der Waals surface area contributed by atoms with Crippen molar-refractivity contribution in [2.75, 3.05) is 25.5 Å². The third-order valence-corrected chi connectivity index (χ3v) is 4.93. The number of hydrogen-bond donors (Lipinski definition) is 1. The fourth-order valence-corrected chi connectivity index (χ4v) is 3.57. The zero-order valence-electron chi connectivity index (χ0n) is 9.40. The average Bonchev–Trinajstić information content (AvgIpc) is 2.70. The molecular weight excluding hydrogens is 226 g/mol. The van der Waals surface area contributed by atoms with Gasteiger partial charge >= 0.3 is 0 Å². The lowest BCUT2D eigenvalue weighted by Crippen LogP contribution is -2.26. The average molecular weight is 243 g/mol. The summed E-state index contributed by atoms with van der Waals surface area (Å²) in [5.74, 6) is 0.380. The molecular formula is C11H17NO3S. The summed E-state index contributed by atoms with van der Waals surface area (Å²) >= 11 is 0. The number of sulfone groups is 1. The van der Waals surface area contributed by atoms with Crippen LogP contribution in [0.25, 0.3) is 0 Å². The van der Waals surface area contributed by atoms with Crippen LogP contribution in [0, 0.1) is 5.92 Å². The molecule has 2 aliphatic heterocycles. The van der Waals surface area contributed by atoms with E-state index in [9.17, 15) is 8.42 Å². The lowest BCUT2D eigenvalue weighted by molar-refractivity contribution is 0.188. The van der Waals surface area contributed by atoms with Gasteiger partial charge in [-0.2, -0.15) is 0 Å². The lowest BCUT2D eigenvalue weighted by atomic mass is 10.2. The van der Waals surface area contributed by atoms with Crippen molar-refractivity contribution in [2.45, 2.75) is 13.3 Å². The van der Waals surface area contributed by atoms with Crippen LogP contribution in [0.4, 0.5) is 0 Å². The highest BCUT2D eigenvalue weighted by molar-refractivity contribution is 7.95. The summed E-state index contributed by atoms with van der Waals surface area (Å²) in [6, 6.07) is 0. The van der Waals surface area contributed by atoms with E-state index in [1.807, 2.05) is 13.0 Å². The highest BCUT2D eigenvalue weighted by atomic mass is 32.2. The fraction of sp³-hybridized carbons (Fsp3) is 0.636. The molecule has 1 unspecified atom stereocenters. The normalized spacial score (nSPS) is 25.9. The first-order valence-electron chi connectivity index (χ1n) is 5.50. The van der Waals surface area contributed by atoms with Crippen molar-refractivity contribution in [1.29, 1.82) is 0 Å². The molecule has 0 amide bonds. The molecule has 90 valence electrons. The second-order valence-corrected chi connectivity index (χ2v) is 6.43. The quantitative estimate of drug-likeness (QED) is 0.797. The molecule has 0 aromatic carbocycles. The molecule has 0 bridgehead atoms. The third kappa shape index (κ3) is 2.65. The van der Waals surface area contributed by atoms with Crippen LogP contribution in [0.2, 0.25) is 0 Å². The van der Waals surface area contributed by atoms with Crippen molar-refractivity contribution in [2.24, 2.45) is 5.92 Å². The van der Waals surface area contributed by atoms with Crippen molar-refractivity contribution >= 4 is 9.84 Å². The van der Waals surface area contributed by atoms with Crippen molar-refractivity contribution < 1.29 is 13.2 Å². The first-order chi connectivity index (χ1) is 7.58. The molecule has 0 radical (unpaired) electrons. The highest BCUT2D eigenvalue weighted by Gasteiger charge is 2.26. The Morgan fingerprint density at radius 3 is 2.88 bits per heavy atom. The Labute approximate surface area is 96.3 Å². The molecule has 1 fully saturated rings. The van der Waals surface area contributed by atoms with Crippen LogP contribution < -0.4 is 5.32 Å². The number of rotatable bonds is 3. The maximum atomic E-state index is 12.1. The van der Waals surface area contributed by atoms with Gasteiger partial charge in [-0.25, -0.2) is 8.42 Å². The molecule has 0 aliphatic carbocycles. The van der Waals surface area contributed by atoms with Crippen molar-refractivity contribution in [1.82, 2.24) is 5.32 Å². The van der Waals surface area contributed by atoms with Crippen LogP contribution in [0.3, 0.4) is 0 Å². The second kappa shape index (κ2) is 4.59. The Bertz CT molecular complexity index is 417. The van der Waals surface area contributed by atoms with Gasteiger partial charge in [0.05, 0.1) is 23.8 Å². The molecule has 2 rings (SSSR count). The van der Waals surface area contributed by atoms with Gasteiger partial charge in [-0.15, -0.1) is 0 Å². The highest BCUT2D eigenvalue weighted by Crippen LogP contribution is 2.20. The van der Waals surface area contributed by atoms with Gasteiger partial charge in [0.25, 0.3) is 0 Å². The molecule has 1 N–H and O–H groups in total. The molecule has 0 spiro atoms. The Kier molecular flexibility index (Phi) is 3.35. The minimum absolute atomic E-state index is 0.165. The number of allylic oxidation sites excluding steroid dienone is 3. The fourth-order valence-electron chi connectivity index (χ4n) is 1.91. The van der Waals surface area contributed by atoms with Crippen molar-refractivity contribution in [3.8, 4) is 0 Å². The molecule has 5 heteroatoms. The Morgan fingerprint density at radius 2 is 2.31 bits per heavy atom. The number of dihydropyridines is 1. The molecule has 2 aliphatic rings. The second-order valence-electron chi connectivity index (χ2n) is 4.35. The predicted octanol–water partition coefficient (Wildman–Crippen LogP) is 0.829. The largest absolute Gasteiger partial charge is 0.384 e. The minimum Gasteiger partial charge on any atom is -0.384 e. The van der Waals surface area contributed by atoms with Gasteiger partial charge in [-0.3, -0.25) is 0 Å². The zero-order valence-corrected chi connectivity index (χ0v) is 10.2. The van der Waals surface area contributed by atoms with Gasteiger partial charge in [0.1, 0.15) is 0 Å². The molecule has 16 heavy (non-hydrogen) atoms. The molecule has 1 saturated heterocycles. The molecule has 4 nitrogen and oxygen atoms in total. The van der Waals surface area contributed by atoms with Crippen LogP contribution in [0.1, 0.15) is 13.3 Å². The summed E-state index contributed by atoms with van der Waals surface area (Å²) in [5, 5.41) is 3.05. The van der Waals surface area contributed by atoms with Gasteiger partial charge in [-0.1, -0.05) is 0 Å². The van der Waals surface area contributed by atoms with Gasteiger partial charge in [0, 0.05) is 12.3 Å². The first-order valence-corrected chi connectivity index (χ1v) is 7.15. The monoisotopic (exact) mass is 243 g/mol. The Morgan fingerprint density at radius 1 is 1.50 bits per heavy atom. The van der Waals surface area contributed by atoms with Crippen LogP contribution in [0.5, 0.6) is 0 Å². The smallest absolute Gasteiger partial charge is 0.176 e. The van der Waals surface area contributed by atoms with Gasteiger partial charge in [-0.05, 0) is 31.4 Å². The SMILES string of the molecule is CC1=CC=C(S(=O)(=O)CC2CCOC2)CN1. The summed E-state index contributed by atoms with van der Waals surface area (Å²) in [6.45, 7) is 3.61. The predicted molar refractivity (Wildman–Crippen MR) is 62.6 cm³/mol. The van der Waals surface area contributed by atoms with E-state index in [1.54, 1.807) is 6.08 Å². The van der Waals surface area contributed by atoms with Gasteiger partial charge < -0.3 is 10.1 Å². The standard InChI is InChI=1S/C11H17NO3S/c1-9-2-3-11(6-12-9)16(13,14)8-10-4-5-15-7-10/h2-3,10,12H,4-8H2,1H3. The van der Waals surface area contributed by atoms with E-state index in [2.05, 4.69) is 5.32 Å². The first kappa shape index (κ1) is 11.7. The van der Waals surface area contributed by atoms with Crippen LogP contribution >= 0.6 is 0 Å². The van der Waals surface area contributed by atoms with E-state index >= 15 is 0 Å². The summed E-state index contributed by atoms with van der Waals surface area (Å²) < 4.78 is 29.3. The summed E-state index contributed by atoms with van der Waals surface area (Å²) in [4.78, 5) is 0.491. The Balaban J connectivity index is 2.07. The molecule has 0 aromatic heterocycles. The number of hydrogen-bond acceptors (Lipinski definition) is 4. The minimum atomic E-state index is -3.12. The van der Waals surface area contributed by atoms with E-state index in [-0.39, 0.29) is 11.7 Å². The summed E-state index contributed by atoms with van der Waals surface area (Å²) in [7, 11) is -3.12.